The zero-order valence-electron chi connectivity index (χ0n) is 11.8. The van der Waals surface area contributed by atoms with Crippen molar-refractivity contribution in [3.05, 3.63) is 6.07 Å². The Kier molecular flexibility index (Phi) is 4.60. The lowest BCUT2D eigenvalue weighted by Gasteiger charge is -2.27. The molecule has 7 heteroatoms. The fourth-order valence-electron chi connectivity index (χ4n) is 2.38. The average Bonchev–Trinajstić information content (AvgIpc) is 2.47. The first-order valence-corrected chi connectivity index (χ1v) is 6.65. The third-order valence-corrected chi connectivity index (χ3v) is 3.56. The zero-order chi connectivity index (χ0) is 14.5. The van der Waals surface area contributed by atoms with Gasteiger partial charge in [-0.15, -0.1) is 0 Å². The van der Waals surface area contributed by atoms with Crippen LogP contribution in [0.4, 0.5) is 5.95 Å². The first-order valence-electron chi connectivity index (χ1n) is 6.65. The van der Waals surface area contributed by atoms with Crippen molar-refractivity contribution in [1.29, 1.82) is 0 Å². The molecule has 0 spiro atoms. The molecule has 0 unspecified atom stereocenters. The molecule has 1 amide bonds. The number of aromatic nitrogens is 2. The van der Waals surface area contributed by atoms with Crippen LogP contribution in [0.15, 0.2) is 6.07 Å². The Hall–Kier alpha value is -2.05. The van der Waals surface area contributed by atoms with E-state index in [2.05, 4.69) is 15.3 Å². The van der Waals surface area contributed by atoms with Crippen LogP contribution in [0.3, 0.4) is 0 Å². The normalized spacial score (nSPS) is 22.1. The number of carbonyl (C=O) groups excluding carboxylic acids is 1. The van der Waals surface area contributed by atoms with E-state index in [4.69, 9.17) is 15.2 Å². The van der Waals surface area contributed by atoms with E-state index < -0.39 is 0 Å². The molecule has 0 aromatic carbocycles. The smallest absolute Gasteiger partial charge is 0.229 e. The highest BCUT2D eigenvalue weighted by Crippen LogP contribution is 2.26. The molecule has 0 bridgehead atoms. The van der Waals surface area contributed by atoms with E-state index in [1.165, 1.54) is 0 Å². The van der Waals surface area contributed by atoms with E-state index in [1.807, 2.05) is 0 Å². The monoisotopic (exact) mass is 280 g/mol. The molecule has 110 valence electrons. The first kappa shape index (κ1) is 14.4. The maximum absolute atomic E-state index is 11.1. The second kappa shape index (κ2) is 6.40. The molecule has 1 fully saturated rings. The molecule has 0 radical (unpaired) electrons. The van der Waals surface area contributed by atoms with Gasteiger partial charge in [-0.3, -0.25) is 4.79 Å². The number of nitrogens with one attached hydrogen (secondary N) is 1. The average molecular weight is 280 g/mol. The molecule has 1 heterocycles. The molecule has 7 nitrogen and oxygen atoms in total. The van der Waals surface area contributed by atoms with Crippen LogP contribution >= 0.6 is 0 Å². The highest BCUT2D eigenvalue weighted by atomic mass is 16.5. The summed E-state index contributed by atoms with van der Waals surface area (Å²) in [5.74, 6) is 1.16. The van der Waals surface area contributed by atoms with Gasteiger partial charge in [0.05, 0.1) is 20.3 Å². The lowest BCUT2D eigenvalue weighted by atomic mass is 9.86. The lowest BCUT2D eigenvalue weighted by Crippen LogP contribution is -2.32. The molecule has 1 saturated carbocycles. The van der Waals surface area contributed by atoms with Gasteiger partial charge in [0.15, 0.2) is 0 Å². The molecule has 3 N–H and O–H groups in total. The minimum atomic E-state index is -0.206. The number of nitrogens with two attached hydrogens (primary N) is 1. The SMILES string of the molecule is COc1cc(OC)nc(NC2CCC(C(N)=O)CC2)n1. The number of ether oxygens (including phenoxy) is 2. The van der Waals surface area contributed by atoms with Crippen molar-refractivity contribution >= 4 is 11.9 Å². The minimum absolute atomic E-state index is 0.00573. The molecular weight excluding hydrogens is 260 g/mol. The Labute approximate surface area is 117 Å². The predicted octanol–water partition coefficient (Wildman–Crippen LogP) is 0.950. The van der Waals surface area contributed by atoms with Crippen molar-refractivity contribution in [1.82, 2.24) is 9.97 Å². The van der Waals surface area contributed by atoms with E-state index in [0.29, 0.717) is 17.7 Å². The summed E-state index contributed by atoms with van der Waals surface area (Å²) in [4.78, 5) is 19.6. The summed E-state index contributed by atoms with van der Waals surface area (Å²) in [5.41, 5.74) is 5.32. The van der Waals surface area contributed by atoms with Crippen LogP contribution in [-0.2, 0) is 4.79 Å². The number of primary amides is 1. The third-order valence-electron chi connectivity index (χ3n) is 3.56. The van der Waals surface area contributed by atoms with Gasteiger partial charge in [0.1, 0.15) is 0 Å². The maximum atomic E-state index is 11.1. The van der Waals surface area contributed by atoms with Crippen molar-refractivity contribution in [2.75, 3.05) is 19.5 Å². The Balaban J connectivity index is 1.98. The number of carbonyl (C=O) groups is 1. The number of nitrogens with zero attached hydrogens (tertiary/aromatic N) is 2. The van der Waals surface area contributed by atoms with Crippen LogP contribution in [0, 0.1) is 5.92 Å². The van der Waals surface area contributed by atoms with Crippen molar-refractivity contribution in [2.24, 2.45) is 11.7 Å². The molecular formula is C13H20N4O3. The fraction of sp³-hybridized carbons (Fsp3) is 0.615. The second-order valence-electron chi connectivity index (χ2n) is 4.87. The van der Waals surface area contributed by atoms with Crippen LogP contribution in [0.5, 0.6) is 11.8 Å². The number of methoxy groups -OCH3 is 2. The minimum Gasteiger partial charge on any atom is -0.481 e. The van der Waals surface area contributed by atoms with Crippen molar-refractivity contribution in [2.45, 2.75) is 31.7 Å². The third kappa shape index (κ3) is 3.49. The summed E-state index contributed by atoms with van der Waals surface area (Å²) in [5, 5.41) is 3.26. The van der Waals surface area contributed by atoms with Crippen LogP contribution in [0.1, 0.15) is 25.7 Å². The van der Waals surface area contributed by atoms with Crippen LogP contribution in [0.25, 0.3) is 0 Å². The summed E-state index contributed by atoms with van der Waals surface area (Å²) in [6.45, 7) is 0. The standard InChI is InChI=1S/C13H20N4O3/c1-19-10-7-11(20-2)17-13(16-10)15-9-5-3-8(4-6-9)12(14)18/h7-9H,3-6H2,1-2H3,(H2,14,18)(H,15,16,17). The molecule has 20 heavy (non-hydrogen) atoms. The summed E-state index contributed by atoms with van der Waals surface area (Å²) in [6.07, 6.45) is 3.34. The maximum Gasteiger partial charge on any atom is 0.229 e. The van der Waals surface area contributed by atoms with Gasteiger partial charge in [-0.1, -0.05) is 0 Å². The Morgan fingerprint density at radius 3 is 2.20 bits per heavy atom. The van der Waals surface area contributed by atoms with Crippen molar-refractivity contribution in [3.8, 4) is 11.8 Å². The highest BCUT2D eigenvalue weighted by molar-refractivity contribution is 5.76. The summed E-state index contributed by atoms with van der Waals surface area (Å²) in [7, 11) is 3.09. The molecule has 0 atom stereocenters. The molecule has 0 saturated heterocycles. The highest BCUT2D eigenvalue weighted by Gasteiger charge is 2.25. The van der Waals surface area contributed by atoms with Crippen LogP contribution < -0.4 is 20.5 Å². The molecule has 0 aliphatic heterocycles. The molecule has 1 aromatic rings. The van der Waals surface area contributed by atoms with Crippen molar-refractivity contribution < 1.29 is 14.3 Å². The molecule has 1 aliphatic rings. The van der Waals surface area contributed by atoms with E-state index >= 15 is 0 Å². The van der Waals surface area contributed by atoms with Crippen LogP contribution in [0.2, 0.25) is 0 Å². The summed E-state index contributed by atoms with van der Waals surface area (Å²) >= 11 is 0. The predicted molar refractivity (Wildman–Crippen MR) is 73.7 cm³/mol. The fourth-order valence-corrected chi connectivity index (χ4v) is 2.38. The summed E-state index contributed by atoms with van der Waals surface area (Å²) < 4.78 is 10.2. The number of rotatable bonds is 5. The molecule has 1 aliphatic carbocycles. The lowest BCUT2D eigenvalue weighted by molar-refractivity contribution is -0.122. The number of anilines is 1. The van der Waals surface area contributed by atoms with E-state index in [1.54, 1.807) is 20.3 Å². The zero-order valence-corrected chi connectivity index (χ0v) is 11.8. The van der Waals surface area contributed by atoms with Crippen molar-refractivity contribution in [3.63, 3.8) is 0 Å². The number of hydrogen-bond donors (Lipinski definition) is 2. The van der Waals surface area contributed by atoms with E-state index in [0.717, 1.165) is 25.7 Å². The van der Waals surface area contributed by atoms with Gasteiger partial charge in [-0.25, -0.2) is 0 Å². The van der Waals surface area contributed by atoms with Crippen LogP contribution in [-0.4, -0.2) is 36.1 Å². The number of amides is 1. The second-order valence-corrected chi connectivity index (χ2v) is 4.87. The Bertz CT molecular complexity index is 450. The summed E-state index contributed by atoms with van der Waals surface area (Å²) in [6, 6.07) is 1.86. The van der Waals surface area contributed by atoms with Gasteiger partial charge in [0.25, 0.3) is 0 Å². The first-order chi connectivity index (χ1) is 9.62. The van der Waals surface area contributed by atoms with Gasteiger partial charge >= 0.3 is 0 Å². The Morgan fingerprint density at radius 1 is 1.20 bits per heavy atom. The Morgan fingerprint density at radius 2 is 1.75 bits per heavy atom. The number of hydrogen-bond acceptors (Lipinski definition) is 6. The van der Waals surface area contributed by atoms with Gasteiger partial charge in [0.2, 0.25) is 23.6 Å². The van der Waals surface area contributed by atoms with Gasteiger partial charge in [-0.2, -0.15) is 9.97 Å². The largest absolute Gasteiger partial charge is 0.481 e. The van der Waals surface area contributed by atoms with E-state index in [9.17, 15) is 4.79 Å². The molecule has 2 rings (SSSR count). The van der Waals surface area contributed by atoms with Gasteiger partial charge in [0, 0.05) is 12.0 Å². The van der Waals surface area contributed by atoms with E-state index in [-0.39, 0.29) is 17.9 Å². The molecule has 1 aromatic heterocycles. The topological polar surface area (TPSA) is 99.4 Å². The quantitative estimate of drug-likeness (QED) is 0.833. The van der Waals surface area contributed by atoms with Gasteiger partial charge in [-0.05, 0) is 25.7 Å². The van der Waals surface area contributed by atoms with Gasteiger partial charge < -0.3 is 20.5 Å².